The number of aromatic nitrogens is 4. The minimum Gasteiger partial charge on any atom is -0.319 e. The number of nitrogens with zero attached hydrogens (tertiary/aromatic N) is 3. The van der Waals surface area contributed by atoms with Crippen LogP contribution in [0.2, 0.25) is 5.02 Å². The molecule has 2 aromatic heterocycles. The molecule has 4 nitrogen and oxygen atoms in total. The van der Waals surface area contributed by atoms with E-state index in [4.69, 9.17) is 23.8 Å². The van der Waals surface area contributed by atoms with Gasteiger partial charge in [0.25, 0.3) is 0 Å². The summed E-state index contributed by atoms with van der Waals surface area (Å²) in [5.74, 6) is 0. The molecule has 0 amide bonds. The average Bonchev–Trinajstić information content (AvgIpc) is 2.89. The summed E-state index contributed by atoms with van der Waals surface area (Å²) in [5, 5.41) is 9.12. The summed E-state index contributed by atoms with van der Waals surface area (Å²) in [5.41, 5.74) is 5.21. The molecule has 0 saturated heterocycles. The lowest BCUT2D eigenvalue weighted by atomic mass is 9.86. The number of nitrogens with one attached hydrogen (secondary N) is 1. The van der Waals surface area contributed by atoms with Crippen LogP contribution in [0.1, 0.15) is 31.9 Å². The highest BCUT2D eigenvalue weighted by atomic mass is 35.5. The van der Waals surface area contributed by atoms with E-state index in [0.717, 1.165) is 32.7 Å². The fourth-order valence-corrected chi connectivity index (χ4v) is 3.43. The lowest BCUT2D eigenvalue weighted by Crippen LogP contribution is -2.10. The molecule has 0 bridgehead atoms. The largest absolute Gasteiger partial charge is 0.319 e. The molecule has 1 N–H and O–H groups in total. The maximum atomic E-state index is 6.02. The molecule has 0 saturated carbocycles. The second-order valence-electron chi connectivity index (χ2n) is 7.51. The molecule has 26 heavy (non-hydrogen) atoms. The average molecular weight is 383 g/mol. The van der Waals surface area contributed by atoms with E-state index in [1.54, 1.807) is 0 Å². The predicted octanol–water partition coefficient (Wildman–Crippen LogP) is 5.64. The summed E-state index contributed by atoms with van der Waals surface area (Å²) in [7, 11) is 0. The van der Waals surface area contributed by atoms with Crippen molar-refractivity contribution < 1.29 is 0 Å². The smallest absolute Gasteiger partial charge is 0.215 e. The Hall–Kier alpha value is -2.24. The molecule has 0 unspecified atom stereocenters. The first kappa shape index (κ1) is 17.2. The van der Waals surface area contributed by atoms with E-state index in [0.29, 0.717) is 11.3 Å². The van der Waals surface area contributed by atoms with Crippen molar-refractivity contribution in [2.75, 3.05) is 0 Å². The lowest BCUT2D eigenvalue weighted by molar-refractivity contribution is 0.591. The van der Waals surface area contributed by atoms with Crippen molar-refractivity contribution >= 4 is 45.9 Å². The molecular formula is C20H19ClN4S. The standard InChI is InChI=1S/C20H19ClN4S/c1-20(2,3)13-6-9-16-15(10-13)17-18(22-19(26)24-23-17)25(16)11-12-4-7-14(21)8-5-12/h4-10H,11H2,1-3H3,(H,22,24,26). The molecule has 132 valence electrons. The van der Waals surface area contributed by atoms with Crippen LogP contribution < -0.4 is 0 Å². The van der Waals surface area contributed by atoms with Crippen molar-refractivity contribution in [3.8, 4) is 0 Å². The van der Waals surface area contributed by atoms with Gasteiger partial charge in [-0.2, -0.15) is 10.1 Å². The highest BCUT2D eigenvalue weighted by Crippen LogP contribution is 2.31. The Labute approximate surface area is 161 Å². The number of hydrogen-bond acceptors (Lipinski definition) is 3. The van der Waals surface area contributed by atoms with Gasteiger partial charge in [-0.15, -0.1) is 0 Å². The number of halogens is 1. The predicted molar refractivity (Wildman–Crippen MR) is 109 cm³/mol. The van der Waals surface area contributed by atoms with Crippen molar-refractivity contribution in [2.45, 2.75) is 32.7 Å². The van der Waals surface area contributed by atoms with E-state index in [-0.39, 0.29) is 5.41 Å². The summed E-state index contributed by atoms with van der Waals surface area (Å²) in [4.78, 5) is 4.55. The zero-order valence-corrected chi connectivity index (χ0v) is 16.4. The molecule has 0 fully saturated rings. The zero-order chi connectivity index (χ0) is 18.5. The van der Waals surface area contributed by atoms with Gasteiger partial charge in [0.05, 0.1) is 5.52 Å². The van der Waals surface area contributed by atoms with Crippen LogP contribution in [0.15, 0.2) is 42.5 Å². The van der Waals surface area contributed by atoms with Crippen LogP contribution in [0.5, 0.6) is 0 Å². The molecule has 4 aromatic rings. The van der Waals surface area contributed by atoms with E-state index in [1.807, 2.05) is 24.3 Å². The number of rotatable bonds is 2. The highest BCUT2D eigenvalue weighted by Gasteiger charge is 2.18. The third kappa shape index (κ3) is 3.02. The van der Waals surface area contributed by atoms with Gasteiger partial charge in [-0.25, -0.2) is 0 Å². The second kappa shape index (κ2) is 6.18. The van der Waals surface area contributed by atoms with Gasteiger partial charge in [-0.1, -0.05) is 50.6 Å². The molecule has 0 aliphatic heterocycles. The SMILES string of the molecule is CC(C)(C)c1ccc2c(c1)c1n[nH]c(=S)nc1n2Cc1ccc(Cl)cc1. The number of hydrogen-bond donors (Lipinski definition) is 1. The number of H-pyrrole nitrogens is 1. The van der Waals surface area contributed by atoms with Gasteiger partial charge >= 0.3 is 0 Å². The minimum atomic E-state index is 0.0634. The molecule has 6 heteroatoms. The molecule has 2 heterocycles. The van der Waals surface area contributed by atoms with Crippen molar-refractivity contribution in [2.24, 2.45) is 0 Å². The van der Waals surface area contributed by atoms with Crippen LogP contribution in [0.3, 0.4) is 0 Å². The van der Waals surface area contributed by atoms with Crippen LogP contribution >= 0.6 is 23.8 Å². The third-order valence-corrected chi connectivity index (χ3v) is 5.04. The topological polar surface area (TPSA) is 46.5 Å². The van der Waals surface area contributed by atoms with Gasteiger partial charge in [0, 0.05) is 17.0 Å². The second-order valence-corrected chi connectivity index (χ2v) is 8.33. The van der Waals surface area contributed by atoms with Crippen LogP contribution in [-0.2, 0) is 12.0 Å². The van der Waals surface area contributed by atoms with Crippen molar-refractivity contribution in [1.82, 2.24) is 19.7 Å². The Kier molecular flexibility index (Phi) is 4.09. The molecular weight excluding hydrogens is 364 g/mol. The fourth-order valence-electron chi connectivity index (χ4n) is 3.17. The maximum Gasteiger partial charge on any atom is 0.215 e. The zero-order valence-electron chi connectivity index (χ0n) is 14.9. The summed E-state index contributed by atoms with van der Waals surface area (Å²) < 4.78 is 2.55. The van der Waals surface area contributed by atoms with Gasteiger partial charge in [-0.05, 0) is 53.0 Å². The molecule has 0 aliphatic carbocycles. The fraction of sp³-hybridized carbons (Fsp3) is 0.250. The monoisotopic (exact) mass is 382 g/mol. The summed E-state index contributed by atoms with van der Waals surface area (Å²) >= 11 is 11.2. The molecule has 2 aromatic carbocycles. The van der Waals surface area contributed by atoms with Crippen LogP contribution in [-0.4, -0.2) is 19.7 Å². The third-order valence-electron chi connectivity index (χ3n) is 4.60. The lowest BCUT2D eigenvalue weighted by Gasteiger charge is -2.19. The van der Waals surface area contributed by atoms with Crippen molar-refractivity contribution in [3.63, 3.8) is 0 Å². The highest BCUT2D eigenvalue weighted by molar-refractivity contribution is 7.71. The molecule has 4 rings (SSSR count). The van der Waals surface area contributed by atoms with Gasteiger partial charge in [0.2, 0.25) is 4.77 Å². The molecule has 0 radical (unpaired) electrons. The van der Waals surface area contributed by atoms with Gasteiger partial charge in [0.1, 0.15) is 5.52 Å². The van der Waals surface area contributed by atoms with E-state index in [2.05, 4.69) is 58.7 Å². The van der Waals surface area contributed by atoms with E-state index in [1.165, 1.54) is 5.56 Å². The van der Waals surface area contributed by atoms with Crippen LogP contribution in [0, 0.1) is 4.77 Å². The maximum absolute atomic E-state index is 6.02. The first-order valence-electron chi connectivity index (χ1n) is 8.46. The normalized spacial score (nSPS) is 12.2. The van der Waals surface area contributed by atoms with E-state index >= 15 is 0 Å². The minimum absolute atomic E-state index is 0.0634. The number of aromatic amines is 1. The first-order chi connectivity index (χ1) is 12.3. The number of fused-ring (bicyclic) bond motifs is 3. The quantitative estimate of drug-likeness (QED) is 0.456. The summed E-state index contributed by atoms with van der Waals surface area (Å²) in [6, 6.07) is 14.4. The Morgan fingerprint density at radius 2 is 1.85 bits per heavy atom. The Morgan fingerprint density at radius 1 is 1.12 bits per heavy atom. The molecule has 0 aliphatic rings. The van der Waals surface area contributed by atoms with Gasteiger partial charge in [-0.3, -0.25) is 5.10 Å². The first-order valence-corrected chi connectivity index (χ1v) is 9.25. The summed E-state index contributed by atoms with van der Waals surface area (Å²) in [6.07, 6.45) is 0. The Bertz CT molecular complexity index is 1170. The van der Waals surface area contributed by atoms with Crippen molar-refractivity contribution in [3.05, 3.63) is 63.4 Å². The molecule has 0 atom stereocenters. The Balaban J connectivity index is 1.98. The van der Waals surface area contributed by atoms with Gasteiger partial charge in [0.15, 0.2) is 5.65 Å². The number of benzene rings is 2. The molecule has 0 spiro atoms. The van der Waals surface area contributed by atoms with Gasteiger partial charge < -0.3 is 4.57 Å². The van der Waals surface area contributed by atoms with E-state index < -0.39 is 0 Å². The summed E-state index contributed by atoms with van der Waals surface area (Å²) in [6.45, 7) is 7.31. The van der Waals surface area contributed by atoms with Crippen molar-refractivity contribution in [1.29, 1.82) is 0 Å². The van der Waals surface area contributed by atoms with Crippen LogP contribution in [0.25, 0.3) is 22.1 Å². The van der Waals surface area contributed by atoms with E-state index in [9.17, 15) is 0 Å². The van der Waals surface area contributed by atoms with Crippen LogP contribution in [0.4, 0.5) is 0 Å². The Morgan fingerprint density at radius 3 is 2.54 bits per heavy atom.